The van der Waals surface area contributed by atoms with Gasteiger partial charge in [-0.25, -0.2) is 13.9 Å². The van der Waals surface area contributed by atoms with Gasteiger partial charge in [-0.05, 0) is 90.4 Å². The third kappa shape index (κ3) is 1.86. The maximum Gasteiger partial charge on any atom is 0.334 e. The van der Waals surface area contributed by atoms with Crippen LogP contribution in [0.5, 0.6) is 0 Å². The number of ether oxygens (including phenoxy) is 1. The SMILES string of the molecule is COCCN(C(C)=O)C12C3C4C35C1C13C2C1C4(n1ccn(-c2c4c(nn2-c2cc(C)c(F)c(C)c2)CCN[C@H]4C)c1=O)C53. The van der Waals surface area contributed by atoms with Crippen molar-refractivity contribution in [1.82, 2.24) is 29.1 Å². The number of methoxy groups -OCH3 is 1. The smallest absolute Gasteiger partial charge is 0.334 e. The van der Waals surface area contributed by atoms with Crippen LogP contribution < -0.4 is 11.0 Å². The standard InChI is InChI=1S/C33H35FN6O3/c1-14-12-18(13-15(2)21(14)34)40-26(20-16(3)35-7-6-19(20)36-40)37-8-9-39(29(37)42)33-24-22-30(24)27-31(28(30)33)23(25(31)33)32(22,27)38(17(4)41)10-11-43-5/h8-9,12-13,16,22-25,27-28,35H,6-7,10-11H2,1-5H3/t16-,22?,23?,24?,25?,27?,28?,30?,31?,32?,33?/m0/s1. The number of imidazole rings is 1. The molecular formula is C33H35FN6O3. The summed E-state index contributed by atoms with van der Waals surface area (Å²) in [4.78, 5) is 29.7. The van der Waals surface area contributed by atoms with Gasteiger partial charge in [-0.1, -0.05) is 0 Å². The van der Waals surface area contributed by atoms with Gasteiger partial charge in [-0.3, -0.25) is 13.9 Å². The van der Waals surface area contributed by atoms with Gasteiger partial charge < -0.3 is 15.0 Å². The second kappa shape index (κ2) is 6.56. The van der Waals surface area contributed by atoms with E-state index in [1.54, 1.807) is 32.4 Å². The molecule has 7 fully saturated rings. The number of halogens is 1. The van der Waals surface area contributed by atoms with E-state index in [-0.39, 0.29) is 34.5 Å². The van der Waals surface area contributed by atoms with Gasteiger partial charge in [0.2, 0.25) is 5.91 Å². The molecule has 10 heteroatoms. The molecule has 1 amide bonds. The Morgan fingerprint density at radius 2 is 1.84 bits per heavy atom. The minimum atomic E-state index is -0.208. The maximum atomic E-state index is 14.6. The summed E-state index contributed by atoms with van der Waals surface area (Å²) in [6.45, 7) is 9.46. The molecule has 43 heavy (non-hydrogen) atoms. The van der Waals surface area contributed by atoms with Gasteiger partial charge in [-0.2, -0.15) is 5.10 Å². The van der Waals surface area contributed by atoms with Gasteiger partial charge in [0.1, 0.15) is 11.6 Å². The van der Waals surface area contributed by atoms with Crippen molar-refractivity contribution in [3.8, 4) is 11.5 Å². The fourth-order valence-corrected chi connectivity index (χ4v) is 14.0. The van der Waals surface area contributed by atoms with Crippen molar-refractivity contribution < 1.29 is 13.9 Å². The molecule has 3 heterocycles. The molecule has 1 aromatic carbocycles. The van der Waals surface area contributed by atoms with Crippen molar-refractivity contribution >= 4 is 5.91 Å². The molecule has 2 spiro atoms. The zero-order chi connectivity index (χ0) is 29.3. The lowest BCUT2D eigenvalue weighted by molar-refractivity contribution is -0.404. The zero-order valence-corrected chi connectivity index (χ0v) is 25.0. The topological polar surface area (TPSA) is 86.3 Å². The number of amides is 1. The number of nitrogens with one attached hydrogen (secondary N) is 1. The number of benzene rings is 1. The van der Waals surface area contributed by atoms with Crippen LogP contribution in [-0.4, -0.2) is 62.1 Å². The number of fused-ring (bicyclic) bond motifs is 7. The summed E-state index contributed by atoms with van der Waals surface area (Å²) in [7, 11) is 1.70. The van der Waals surface area contributed by atoms with E-state index < -0.39 is 0 Å². The van der Waals surface area contributed by atoms with Crippen molar-refractivity contribution in [2.24, 2.45) is 46.3 Å². The van der Waals surface area contributed by atoms with Crippen LogP contribution in [0.2, 0.25) is 0 Å². The molecule has 11 rings (SSSR count). The van der Waals surface area contributed by atoms with Crippen LogP contribution in [-0.2, 0) is 21.5 Å². The molecule has 1 N–H and O–H groups in total. The van der Waals surface area contributed by atoms with Crippen molar-refractivity contribution in [1.29, 1.82) is 0 Å². The Kier molecular flexibility index (Phi) is 3.68. The molecule has 7 aliphatic carbocycles. The molecule has 3 aromatic rings. The molecule has 222 valence electrons. The number of hydrogen-bond donors (Lipinski definition) is 1. The van der Waals surface area contributed by atoms with E-state index in [4.69, 9.17) is 9.84 Å². The third-order valence-electron chi connectivity index (χ3n) is 14.2. The minimum Gasteiger partial charge on any atom is -0.383 e. The molecule has 9 nitrogen and oxygen atoms in total. The first-order valence-corrected chi connectivity index (χ1v) is 15.9. The summed E-state index contributed by atoms with van der Waals surface area (Å²) in [6, 6.07) is 3.69. The van der Waals surface area contributed by atoms with Crippen LogP contribution >= 0.6 is 0 Å². The maximum absolute atomic E-state index is 14.6. The largest absolute Gasteiger partial charge is 0.383 e. The monoisotopic (exact) mass is 582 g/mol. The summed E-state index contributed by atoms with van der Waals surface area (Å²) in [5.74, 6) is 4.02. The first-order chi connectivity index (χ1) is 20.7. The Morgan fingerprint density at radius 3 is 2.49 bits per heavy atom. The Bertz CT molecular complexity index is 1900. The van der Waals surface area contributed by atoms with Crippen molar-refractivity contribution in [3.63, 3.8) is 0 Å². The van der Waals surface area contributed by atoms with E-state index in [1.165, 1.54) is 0 Å². The molecule has 8 aliphatic rings. The predicted molar refractivity (Wildman–Crippen MR) is 152 cm³/mol. The summed E-state index contributed by atoms with van der Waals surface area (Å²) < 4.78 is 25.8. The summed E-state index contributed by atoms with van der Waals surface area (Å²) in [5.41, 5.74) is 4.63. The van der Waals surface area contributed by atoms with Crippen LogP contribution in [0, 0.1) is 66.0 Å². The number of hydrogen-bond acceptors (Lipinski definition) is 5. The van der Waals surface area contributed by atoms with Gasteiger partial charge in [0, 0.05) is 57.5 Å². The molecule has 1 aliphatic heterocycles. The average Bonchev–Trinajstić information content (AvgIpc) is 3.73. The lowest BCUT2D eigenvalue weighted by Gasteiger charge is -2.87. The zero-order valence-electron chi connectivity index (χ0n) is 25.0. The fraction of sp³-hybridized carbons (Fsp3) is 0.606. The van der Waals surface area contributed by atoms with Crippen LogP contribution in [0.3, 0.4) is 0 Å². The Morgan fingerprint density at radius 1 is 1.14 bits per heavy atom. The van der Waals surface area contributed by atoms with Gasteiger partial charge in [0.15, 0.2) is 0 Å². The number of carbonyl (C=O) groups is 1. The Labute approximate surface area is 248 Å². The minimum absolute atomic E-state index is 0.00330. The number of nitrogens with zero attached hydrogens (tertiary/aromatic N) is 5. The van der Waals surface area contributed by atoms with Crippen LogP contribution in [0.25, 0.3) is 11.5 Å². The summed E-state index contributed by atoms with van der Waals surface area (Å²) in [5, 5.41) is 8.58. The second-order valence-electron chi connectivity index (χ2n) is 15.0. The third-order valence-corrected chi connectivity index (χ3v) is 14.2. The molecular weight excluding hydrogens is 547 g/mol. The number of rotatable bonds is 7. The predicted octanol–water partition coefficient (Wildman–Crippen LogP) is 2.48. The summed E-state index contributed by atoms with van der Waals surface area (Å²) in [6.07, 6.45) is 4.75. The second-order valence-corrected chi connectivity index (χ2v) is 15.0. The molecule has 7 atom stereocenters. The molecule has 0 saturated heterocycles. The molecule has 6 unspecified atom stereocenters. The number of carbonyl (C=O) groups excluding carboxylic acids is 1. The van der Waals surface area contributed by atoms with Gasteiger partial charge >= 0.3 is 5.69 Å². The average molecular weight is 583 g/mol. The molecule has 2 aromatic heterocycles. The lowest BCUT2D eigenvalue weighted by atomic mass is 9.19. The van der Waals surface area contributed by atoms with Crippen LogP contribution in [0.4, 0.5) is 4.39 Å². The molecule has 7 saturated carbocycles. The molecule has 0 radical (unpaired) electrons. The van der Waals surface area contributed by atoms with E-state index in [2.05, 4.69) is 21.7 Å². The highest BCUT2D eigenvalue weighted by Gasteiger charge is 3.31. The number of aromatic nitrogens is 4. The number of aryl methyl sites for hydroxylation is 2. The first kappa shape index (κ1) is 24.1. The van der Waals surface area contributed by atoms with E-state index in [9.17, 15) is 14.0 Å². The lowest BCUT2D eigenvalue weighted by Crippen LogP contribution is -2.92. The van der Waals surface area contributed by atoms with Gasteiger partial charge in [0.25, 0.3) is 0 Å². The van der Waals surface area contributed by atoms with Crippen molar-refractivity contribution in [2.75, 3.05) is 26.8 Å². The van der Waals surface area contributed by atoms with E-state index in [0.717, 1.165) is 35.7 Å². The van der Waals surface area contributed by atoms with Crippen molar-refractivity contribution in [2.45, 2.75) is 51.2 Å². The first-order valence-electron chi connectivity index (χ1n) is 15.9. The van der Waals surface area contributed by atoms with E-state index >= 15 is 0 Å². The normalized spacial score (nSPS) is 44.8. The highest BCUT2D eigenvalue weighted by molar-refractivity contribution is 5.84. The van der Waals surface area contributed by atoms with E-state index in [0.29, 0.717) is 70.6 Å². The van der Waals surface area contributed by atoms with Crippen LogP contribution in [0.15, 0.2) is 29.3 Å². The highest BCUT2D eigenvalue weighted by Crippen LogP contribution is 3.28. The summed E-state index contributed by atoms with van der Waals surface area (Å²) >= 11 is 0. The Hall–Kier alpha value is -3.24. The van der Waals surface area contributed by atoms with Gasteiger partial charge in [0.05, 0.1) is 29.1 Å². The quantitative estimate of drug-likeness (QED) is 0.463. The Balaban J connectivity index is 1.03. The molecule has 0 bridgehead atoms. The highest BCUT2D eigenvalue weighted by atomic mass is 19.1. The van der Waals surface area contributed by atoms with Crippen molar-refractivity contribution in [3.05, 3.63) is 63.2 Å². The fourth-order valence-electron chi connectivity index (χ4n) is 14.0. The van der Waals surface area contributed by atoms with Crippen LogP contribution in [0.1, 0.15) is 42.3 Å². The van der Waals surface area contributed by atoms with E-state index in [1.807, 2.05) is 29.2 Å². The van der Waals surface area contributed by atoms with Gasteiger partial charge in [-0.15, -0.1) is 0 Å².